The van der Waals surface area contributed by atoms with Gasteiger partial charge in [-0.05, 0) is 63.1 Å². The molecular formula is C23H24ClFeN3. The number of hydrogen-bond donors (Lipinski definition) is 0. The van der Waals surface area contributed by atoms with E-state index in [9.17, 15) is 0 Å². The van der Waals surface area contributed by atoms with Crippen LogP contribution in [0.15, 0.2) is 76.7 Å². The van der Waals surface area contributed by atoms with Gasteiger partial charge in [-0.2, -0.15) is 0 Å². The third kappa shape index (κ3) is 5.87. The number of hydrogen-bond acceptors (Lipinski definition) is 3. The van der Waals surface area contributed by atoms with Gasteiger partial charge in [0, 0.05) is 17.1 Å². The van der Waals surface area contributed by atoms with Crippen LogP contribution in [0.5, 0.6) is 0 Å². The molecule has 0 N–H and O–H groups in total. The van der Waals surface area contributed by atoms with E-state index in [-0.39, 0.29) is 29.5 Å². The first-order valence-corrected chi connectivity index (χ1v) is 8.74. The van der Waals surface area contributed by atoms with Crippen LogP contribution >= 0.6 is 12.4 Å². The second-order valence-corrected chi connectivity index (χ2v) is 6.38. The molecule has 146 valence electrons. The topological polar surface area (TPSA) is 37.6 Å². The van der Waals surface area contributed by atoms with E-state index < -0.39 is 0 Å². The van der Waals surface area contributed by atoms with Crippen molar-refractivity contribution in [3.8, 4) is 0 Å². The minimum Gasteiger partial charge on any atom is -0.251 e. The monoisotopic (exact) mass is 433 g/mol. The van der Waals surface area contributed by atoms with Crippen LogP contribution in [0.3, 0.4) is 0 Å². The zero-order valence-electron chi connectivity index (χ0n) is 16.5. The smallest absolute Gasteiger partial charge is 0.0849 e. The number of para-hydroxylation sites is 2. The van der Waals surface area contributed by atoms with Crippen molar-refractivity contribution in [3.05, 3.63) is 89.2 Å². The number of aliphatic imine (C=N–C) groups is 2. The van der Waals surface area contributed by atoms with Crippen molar-refractivity contribution in [3.63, 3.8) is 0 Å². The molecule has 0 saturated heterocycles. The van der Waals surface area contributed by atoms with E-state index >= 15 is 0 Å². The number of benzene rings is 2. The van der Waals surface area contributed by atoms with Crippen LogP contribution in [0.25, 0.3) is 0 Å². The molecule has 3 aromatic rings. The maximum atomic E-state index is 4.76. The largest absolute Gasteiger partial charge is 0.251 e. The Labute approximate surface area is 183 Å². The predicted octanol–water partition coefficient (Wildman–Crippen LogP) is 6.40. The third-order valence-electron chi connectivity index (χ3n) is 4.30. The molecule has 0 aliphatic rings. The second kappa shape index (κ2) is 10.9. The van der Waals surface area contributed by atoms with E-state index in [4.69, 9.17) is 15.0 Å². The molecule has 0 unspecified atom stereocenters. The quantitative estimate of drug-likeness (QED) is 0.346. The molecule has 0 radical (unpaired) electrons. The second-order valence-electron chi connectivity index (χ2n) is 6.38. The first-order chi connectivity index (χ1) is 12.5. The molecule has 1 aromatic heterocycles. The molecule has 0 aliphatic carbocycles. The number of aryl methyl sites for hydroxylation is 2. The Kier molecular flexibility index (Phi) is 9.27. The molecule has 0 atom stereocenters. The van der Waals surface area contributed by atoms with Crippen molar-refractivity contribution in [2.45, 2.75) is 27.7 Å². The Morgan fingerprint density at radius 1 is 0.643 bits per heavy atom. The molecule has 1 heterocycles. The van der Waals surface area contributed by atoms with Crippen molar-refractivity contribution in [1.29, 1.82) is 0 Å². The van der Waals surface area contributed by atoms with Gasteiger partial charge in [-0.15, -0.1) is 12.4 Å². The Bertz CT molecular complexity index is 920. The summed E-state index contributed by atoms with van der Waals surface area (Å²) in [5.74, 6) is 0. The predicted molar refractivity (Wildman–Crippen MR) is 118 cm³/mol. The summed E-state index contributed by atoms with van der Waals surface area (Å²) in [4.78, 5) is 14.2. The fraction of sp³-hybridized carbons (Fsp3) is 0.174. The van der Waals surface area contributed by atoms with Gasteiger partial charge in [-0.25, -0.2) is 4.98 Å². The molecule has 0 spiro atoms. The van der Waals surface area contributed by atoms with Crippen LogP contribution in [-0.2, 0) is 17.1 Å². The van der Waals surface area contributed by atoms with Crippen LogP contribution in [-0.4, -0.2) is 16.4 Å². The summed E-state index contributed by atoms with van der Waals surface area (Å²) in [7, 11) is 0. The summed E-state index contributed by atoms with van der Waals surface area (Å²) in [5, 5.41) is 0. The molecule has 0 amide bonds. The van der Waals surface area contributed by atoms with E-state index in [2.05, 4.69) is 26.0 Å². The average Bonchev–Trinajstić information content (AvgIpc) is 2.65. The van der Waals surface area contributed by atoms with Gasteiger partial charge >= 0.3 is 0 Å². The maximum absolute atomic E-state index is 4.76. The summed E-state index contributed by atoms with van der Waals surface area (Å²) in [5.41, 5.74) is 7.77. The van der Waals surface area contributed by atoms with Crippen molar-refractivity contribution in [2.24, 2.45) is 9.98 Å². The fourth-order valence-corrected chi connectivity index (χ4v) is 2.69. The minimum absolute atomic E-state index is 0. The third-order valence-corrected chi connectivity index (χ3v) is 4.30. The standard InChI is InChI=1S/C23H23N3.ClH.Fe/c1-16-10-5-7-12-20(16)24-18(3)22-14-9-15-23(26-22)19(4)25-21-13-8-6-11-17(21)2;;/h5-15H,1-4H3;1H;. The van der Waals surface area contributed by atoms with E-state index in [0.717, 1.165) is 45.3 Å². The van der Waals surface area contributed by atoms with Gasteiger partial charge in [0.05, 0.1) is 34.2 Å². The normalized spacial score (nSPS) is 11.4. The summed E-state index contributed by atoms with van der Waals surface area (Å²) in [6.45, 7) is 8.11. The molecule has 3 nitrogen and oxygen atoms in total. The number of pyridine rings is 1. The van der Waals surface area contributed by atoms with Crippen molar-refractivity contribution < 1.29 is 17.1 Å². The Morgan fingerprint density at radius 3 is 1.43 bits per heavy atom. The van der Waals surface area contributed by atoms with Gasteiger partial charge < -0.3 is 0 Å². The van der Waals surface area contributed by atoms with E-state index in [1.54, 1.807) is 0 Å². The first-order valence-electron chi connectivity index (χ1n) is 8.74. The van der Waals surface area contributed by atoms with Crippen molar-refractivity contribution in [1.82, 2.24) is 4.98 Å². The fourth-order valence-electron chi connectivity index (χ4n) is 2.69. The molecule has 0 aliphatic heterocycles. The van der Waals surface area contributed by atoms with Crippen molar-refractivity contribution >= 4 is 35.2 Å². The number of nitrogens with zero attached hydrogens (tertiary/aromatic N) is 3. The van der Waals surface area contributed by atoms with E-state index in [1.165, 1.54) is 0 Å². The molecule has 5 heteroatoms. The van der Waals surface area contributed by atoms with Crippen LogP contribution in [0.4, 0.5) is 11.4 Å². The summed E-state index contributed by atoms with van der Waals surface area (Å²) in [6.07, 6.45) is 0. The summed E-state index contributed by atoms with van der Waals surface area (Å²) >= 11 is 0. The Balaban J connectivity index is 0.00000196. The average molecular weight is 434 g/mol. The maximum Gasteiger partial charge on any atom is 0.0849 e. The molecule has 2 aromatic carbocycles. The van der Waals surface area contributed by atoms with Gasteiger partial charge in [-0.1, -0.05) is 42.5 Å². The zero-order chi connectivity index (χ0) is 18.5. The molecule has 0 saturated carbocycles. The summed E-state index contributed by atoms with van der Waals surface area (Å²) in [6, 6.07) is 22.2. The van der Waals surface area contributed by atoms with E-state index in [1.807, 2.05) is 68.4 Å². The van der Waals surface area contributed by atoms with Crippen molar-refractivity contribution in [2.75, 3.05) is 0 Å². The SMILES string of the molecule is CC(=Nc1ccccc1C)c1cccc(C(C)=Nc2ccccc2C)n1.Cl.[Fe]. The minimum atomic E-state index is 0. The van der Waals surface area contributed by atoms with Crippen LogP contribution in [0, 0.1) is 13.8 Å². The molecule has 3 rings (SSSR count). The Hall–Kier alpha value is -2.26. The molecular weight excluding hydrogens is 410 g/mol. The number of aromatic nitrogens is 1. The zero-order valence-corrected chi connectivity index (χ0v) is 18.4. The van der Waals surface area contributed by atoms with Crippen LogP contribution < -0.4 is 0 Å². The van der Waals surface area contributed by atoms with E-state index in [0.29, 0.717) is 0 Å². The molecule has 0 fully saturated rings. The number of halogens is 1. The molecule has 28 heavy (non-hydrogen) atoms. The first kappa shape index (κ1) is 23.8. The molecule has 0 bridgehead atoms. The van der Waals surface area contributed by atoms with Crippen LogP contribution in [0.1, 0.15) is 36.4 Å². The van der Waals surface area contributed by atoms with Gasteiger partial charge in [0.25, 0.3) is 0 Å². The van der Waals surface area contributed by atoms with Gasteiger partial charge in [-0.3, -0.25) is 9.98 Å². The Morgan fingerprint density at radius 2 is 1.04 bits per heavy atom. The van der Waals surface area contributed by atoms with Gasteiger partial charge in [0.1, 0.15) is 0 Å². The number of rotatable bonds is 4. The summed E-state index contributed by atoms with van der Waals surface area (Å²) < 4.78 is 0. The van der Waals surface area contributed by atoms with Gasteiger partial charge in [0.2, 0.25) is 0 Å². The van der Waals surface area contributed by atoms with Gasteiger partial charge in [0.15, 0.2) is 0 Å². The van der Waals surface area contributed by atoms with Crippen LogP contribution in [0.2, 0.25) is 0 Å².